The number of alkyl halides is 3. The lowest BCUT2D eigenvalue weighted by atomic mass is 10.5. The predicted molar refractivity (Wildman–Crippen MR) is 44.9 cm³/mol. The average molecular weight is 216 g/mol. The highest BCUT2D eigenvalue weighted by atomic mass is 32.2. The molecule has 0 saturated carbocycles. The minimum Gasteiger partial charge on any atom is -0.469 e. The molecule has 6 heteroatoms. The van der Waals surface area contributed by atoms with Crippen LogP contribution in [0.4, 0.5) is 13.2 Å². The lowest BCUT2D eigenvalue weighted by Gasteiger charge is -2.05. The van der Waals surface area contributed by atoms with Crippen molar-refractivity contribution in [2.75, 3.05) is 18.6 Å². The summed E-state index contributed by atoms with van der Waals surface area (Å²) < 4.78 is 39.8. The summed E-state index contributed by atoms with van der Waals surface area (Å²) in [6, 6.07) is 0. The van der Waals surface area contributed by atoms with Crippen LogP contribution >= 0.6 is 11.8 Å². The van der Waals surface area contributed by atoms with E-state index >= 15 is 0 Å². The number of carbonyl (C=O) groups is 1. The molecular weight excluding hydrogens is 205 g/mol. The molecule has 0 radical (unpaired) electrons. The summed E-state index contributed by atoms with van der Waals surface area (Å²) >= 11 is 0.978. The monoisotopic (exact) mass is 216 g/mol. The van der Waals surface area contributed by atoms with Crippen LogP contribution in [0.3, 0.4) is 0 Å². The first-order valence-corrected chi connectivity index (χ1v) is 4.80. The van der Waals surface area contributed by atoms with Gasteiger partial charge in [-0.3, -0.25) is 4.79 Å². The molecule has 0 aliphatic rings. The lowest BCUT2D eigenvalue weighted by molar-refractivity contribution is -0.140. The quantitative estimate of drug-likeness (QED) is 0.501. The zero-order valence-electron chi connectivity index (χ0n) is 7.13. The summed E-state index contributed by atoms with van der Waals surface area (Å²) in [5.74, 6) is -0.394. The maximum Gasteiger partial charge on any atom is 0.306 e. The Morgan fingerprint density at radius 3 is 2.54 bits per heavy atom. The highest BCUT2D eigenvalue weighted by Crippen LogP contribution is 2.13. The third-order valence-electron chi connectivity index (χ3n) is 1.23. The summed E-state index contributed by atoms with van der Waals surface area (Å²) in [4.78, 5) is 10.5. The van der Waals surface area contributed by atoms with Crippen molar-refractivity contribution in [2.45, 2.75) is 19.0 Å². The molecule has 0 fully saturated rings. The van der Waals surface area contributed by atoms with E-state index in [1.165, 1.54) is 7.11 Å². The molecule has 0 aromatic heterocycles. The second-order valence-electron chi connectivity index (χ2n) is 2.25. The number of methoxy groups -OCH3 is 1. The minimum absolute atomic E-state index is 0.122. The van der Waals surface area contributed by atoms with Crippen molar-refractivity contribution in [1.82, 2.24) is 0 Å². The standard InChI is InChI=1S/C7H11F3O2S/c1-12-6(11)2-3-13-4-5(8)7(9)10/h5,7H,2-4H2,1H3. The second-order valence-corrected chi connectivity index (χ2v) is 3.40. The zero-order chi connectivity index (χ0) is 10.3. The van der Waals surface area contributed by atoms with Crippen LogP contribution in [0.15, 0.2) is 0 Å². The van der Waals surface area contributed by atoms with Crippen molar-refractivity contribution < 1.29 is 22.7 Å². The number of hydrogen-bond acceptors (Lipinski definition) is 3. The fourth-order valence-electron chi connectivity index (χ4n) is 0.526. The number of carbonyl (C=O) groups excluding carboxylic acids is 1. The van der Waals surface area contributed by atoms with Crippen molar-refractivity contribution >= 4 is 17.7 Å². The molecule has 0 rings (SSSR count). The van der Waals surface area contributed by atoms with Gasteiger partial charge in [0.2, 0.25) is 0 Å². The molecule has 0 aromatic carbocycles. The fraction of sp³-hybridized carbons (Fsp3) is 0.857. The molecule has 13 heavy (non-hydrogen) atoms. The van der Waals surface area contributed by atoms with Gasteiger partial charge in [-0.15, -0.1) is 0 Å². The third-order valence-corrected chi connectivity index (χ3v) is 2.28. The van der Waals surface area contributed by atoms with Crippen molar-refractivity contribution in [3.8, 4) is 0 Å². The minimum atomic E-state index is -2.94. The van der Waals surface area contributed by atoms with Crippen LogP contribution in [0, 0.1) is 0 Å². The van der Waals surface area contributed by atoms with E-state index in [1.807, 2.05) is 0 Å². The average Bonchev–Trinajstić information content (AvgIpc) is 2.11. The molecule has 0 bridgehead atoms. The van der Waals surface area contributed by atoms with Crippen LogP contribution < -0.4 is 0 Å². The molecule has 0 aromatic rings. The van der Waals surface area contributed by atoms with Crippen molar-refractivity contribution in [1.29, 1.82) is 0 Å². The first-order chi connectivity index (χ1) is 6.07. The maximum absolute atomic E-state index is 12.2. The largest absolute Gasteiger partial charge is 0.469 e. The molecule has 2 nitrogen and oxygen atoms in total. The number of rotatable bonds is 6. The highest BCUT2D eigenvalue weighted by molar-refractivity contribution is 7.99. The summed E-state index contributed by atoms with van der Waals surface area (Å²) in [6.45, 7) is 0. The number of hydrogen-bond donors (Lipinski definition) is 0. The van der Waals surface area contributed by atoms with Gasteiger partial charge in [-0.2, -0.15) is 11.8 Å². The van der Waals surface area contributed by atoms with Crippen LogP contribution in [-0.2, 0) is 9.53 Å². The van der Waals surface area contributed by atoms with E-state index in [2.05, 4.69) is 4.74 Å². The fourth-order valence-corrected chi connectivity index (χ4v) is 1.37. The molecule has 0 aliphatic heterocycles. The van der Waals surface area contributed by atoms with Gasteiger partial charge in [0.15, 0.2) is 6.17 Å². The summed E-state index contributed by atoms with van der Waals surface area (Å²) in [5.41, 5.74) is 0. The van der Waals surface area contributed by atoms with Gasteiger partial charge in [0.1, 0.15) is 0 Å². The molecule has 0 aliphatic carbocycles. The molecule has 0 amide bonds. The Hall–Kier alpha value is -0.390. The van der Waals surface area contributed by atoms with Gasteiger partial charge in [-0.1, -0.05) is 0 Å². The van der Waals surface area contributed by atoms with E-state index in [-0.39, 0.29) is 12.2 Å². The Bertz CT molecular complexity index is 155. The predicted octanol–water partition coefficient (Wildman–Crippen LogP) is 1.89. The Balaban J connectivity index is 3.30. The summed E-state index contributed by atoms with van der Waals surface area (Å²) in [5, 5.41) is 0. The van der Waals surface area contributed by atoms with Crippen LogP contribution in [-0.4, -0.2) is 37.2 Å². The number of halogens is 3. The van der Waals surface area contributed by atoms with Crippen LogP contribution in [0.1, 0.15) is 6.42 Å². The van der Waals surface area contributed by atoms with Crippen LogP contribution in [0.25, 0.3) is 0 Å². The smallest absolute Gasteiger partial charge is 0.306 e. The first kappa shape index (κ1) is 12.6. The Labute approximate surface area is 78.8 Å². The zero-order valence-corrected chi connectivity index (χ0v) is 7.95. The molecule has 0 saturated heterocycles. The molecule has 0 heterocycles. The van der Waals surface area contributed by atoms with Crippen LogP contribution in [0.5, 0.6) is 0 Å². The molecule has 1 unspecified atom stereocenters. The Kier molecular flexibility index (Phi) is 6.84. The van der Waals surface area contributed by atoms with Gasteiger partial charge >= 0.3 is 5.97 Å². The topological polar surface area (TPSA) is 26.3 Å². The van der Waals surface area contributed by atoms with E-state index in [0.717, 1.165) is 11.8 Å². The van der Waals surface area contributed by atoms with E-state index in [0.29, 0.717) is 5.75 Å². The van der Waals surface area contributed by atoms with Crippen LogP contribution in [0.2, 0.25) is 0 Å². The second kappa shape index (κ2) is 7.06. The van der Waals surface area contributed by atoms with Gasteiger partial charge in [-0.05, 0) is 0 Å². The molecule has 0 N–H and O–H groups in total. The third kappa shape index (κ3) is 6.74. The normalized spacial score (nSPS) is 13.0. The molecule has 78 valence electrons. The van der Waals surface area contributed by atoms with Gasteiger partial charge in [0.25, 0.3) is 6.43 Å². The van der Waals surface area contributed by atoms with E-state index in [9.17, 15) is 18.0 Å². The molecular formula is C7H11F3O2S. The summed E-state index contributed by atoms with van der Waals surface area (Å²) in [6.07, 6.45) is -4.93. The maximum atomic E-state index is 12.2. The summed E-state index contributed by atoms with van der Waals surface area (Å²) in [7, 11) is 1.24. The number of ether oxygens (including phenoxy) is 1. The lowest BCUT2D eigenvalue weighted by Crippen LogP contribution is -2.15. The molecule has 1 atom stereocenters. The Morgan fingerprint density at radius 2 is 2.08 bits per heavy atom. The number of esters is 1. The Morgan fingerprint density at radius 1 is 1.46 bits per heavy atom. The van der Waals surface area contributed by atoms with Gasteiger partial charge in [-0.25, -0.2) is 13.2 Å². The van der Waals surface area contributed by atoms with Crippen molar-refractivity contribution in [2.24, 2.45) is 0 Å². The SMILES string of the molecule is COC(=O)CCSCC(F)C(F)F. The van der Waals surface area contributed by atoms with Gasteiger partial charge in [0.05, 0.1) is 13.5 Å². The van der Waals surface area contributed by atoms with Gasteiger partial charge < -0.3 is 4.74 Å². The van der Waals surface area contributed by atoms with E-state index in [1.54, 1.807) is 0 Å². The highest BCUT2D eigenvalue weighted by Gasteiger charge is 2.18. The van der Waals surface area contributed by atoms with E-state index < -0.39 is 18.6 Å². The van der Waals surface area contributed by atoms with Crippen molar-refractivity contribution in [3.63, 3.8) is 0 Å². The van der Waals surface area contributed by atoms with Gasteiger partial charge in [0, 0.05) is 11.5 Å². The molecule has 0 spiro atoms. The van der Waals surface area contributed by atoms with Crippen molar-refractivity contribution in [3.05, 3.63) is 0 Å². The number of thioether (sulfide) groups is 1. The van der Waals surface area contributed by atoms with E-state index in [4.69, 9.17) is 0 Å². The first-order valence-electron chi connectivity index (χ1n) is 3.64.